The zero-order chi connectivity index (χ0) is 14.1. The van der Waals surface area contributed by atoms with Gasteiger partial charge in [-0.05, 0) is 30.8 Å². The number of carbonyl (C=O) groups is 2. The molecule has 1 rings (SSSR count). The maximum atomic E-state index is 11.6. The van der Waals surface area contributed by atoms with Crippen molar-refractivity contribution in [2.45, 2.75) is 44.6 Å². The maximum Gasteiger partial charge on any atom is 0.326 e. The lowest BCUT2D eigenvalue weighted by molar-refractivity contribution is -0.139. The Morgan fingerprint density at radius 3 is 2.63 bits per heavy atom. The van der Waals surface area contributed by atoms with Gasteiger partial charge in [0.1, 0.15) is 6.04 Å². The molecule has 0 saturated heterocycles. The third-order valence-electron chi connectivity index (χ3n) is 3.53. The molecule has 6 heteroatoms. The van der Waals surface area contributed by atoms with E-state index in [1.807, 2.05) is 6.26 Å². The summed E-state index contributed by atoms with van der Waals surface area (Å²) in [6.45, 7) is 0.630. The maximum absolute atomic E-state index is 11.6. The molecule has 0 aliphatic heterocycles. The lowest BCUT2D eigenvalue weighted by Crippen LogP contribution is -2.46. The van der Waals surface area contributed by atoms with Gasteiger partial charge in [-0.1, -0.05) is 25.7 Å². The molecule has 5 nitrogen and oxygen atoms in total. The minimum Gasteiger partial charge on any atom is -0.480 e. The third kappa shape index (κ3) is 6.71. The van der Waals surface area contributed by atoms with Gasteiger partial charge < -0.3 is 15.7 Å². The highest BCUT2D eigenvalue weighted by Crippen LogP contribution is 2.26. The predicted molar refractivity (Wildman–Crippen MR) is 77.5 cm³/mol. The summed E-state index contributed by atoms with van der Waals surface area (Å²) in [5.74, 6) is 0.478. The number of hydrogen-bond donors (Lipinski definition) is 3. The number of carboxylic acid groups (broad SMARTS) is 1. The van der Waals surface area contributed by atoms with E-state index in [0.717, 1.165) is 18.1 Å². The van der Waals surface area contributed by atoms with Gasteiger partial charge in [0, 0.05) is 6.54 Å². The smallest absolute Gasteiger partial charge is 0.326 e. The van der Waals surface area contributed by atoms with E-state index in [0.29, 0.717) is 13.0 Å². The molecule has 19 heavy (non-hydrogen) atoms. The summed E-state index contributed by atoms with van der Waals surface area (Å²) in [5, 5.41) is 14.3. The van der Waals surface area contributed by atoms with Crippen molar-refractivity contribution in [3.05, 3.63) is 0 Å². The first-order chi connectivity index (χ1) is 9.13. The molecule has 3 N–H and O–H groups in total. The van der Waals surface area contributed by atoms with Crippen LogP contribution < -0.4 is 10.6 Å². The summed E-state index contributed by atoms with van der Waals surface area (Å²) in [7, 11) is 0. The Morgan fingerprint density at radius 1 is 1.37 bits per heavy atom. The summed E-state index contributed by atoms with van der Waals surface area (Å²) in [6.07, 6.45) is 8.48. The lowest BCUT2D eigenvalue weighted by Gasteiger charge is -2.15. The highest BCUT2D eigenvalue weighted by Gasteiger charge is 2.19. The Balaban J connectivity index is 2.17. The molecular formula is C13H24N2O3S. The molecule has 0 aromatic carbocycles. The van der Waals surface area contributed by atoms with E-state index in [-0.39, 0.29) is 6.03 Å². The largest absolute Gasteiger partial charge is 0.480 e. The first-order valence-corrected chi connectivity index (χ1v) is 8.29. The molecule has 0 unspecified atom stereocenters. The van der Waals surface area contributed by atoms with Crippen molar-refractivity contribution in [1.82, 2.24) is 10.6 Å². The second-order valence-electron chi connectivity index (χ2n) is 5.01. The van der Waals surface area contributed by atoms with Crippen LogP contribution in [0.5, 0.6) is 0 Å². The third-order valence-corrected chi connectivity index (χ3v) is 4.17. The molecule has 1 saturated carbocycles. The Hall–Kier alpha value is -0.910. The van der Waals surface area contributed by atoms with E-state index in [4.69, 9.17) is 5.11 Å². The standard InChI is InChI=1S/C13H24N2O3S/c1-19-9-7-11(12(16)17)15-13(18)14-8-6-10-4-2-3-5-10/h10-11H,2-9H2,1H3,(H,16,17)(H2,14,15,18)/t11-/m0/s1. The van der Waals surface area contributed by atoms with Crippen LogP contribution in [0.15, 0.2) is 0 Å². The minimum atomic E-state index is -0.972. The van der Waals surface area contributed by atoms with Crippen LogP contribution in [0.4, 0.5) is 4.79 Å². The van der Waals surface area contributed by atoms with E-state index in [1.54, 1.807) is 11.8 Å². The second kappa shape index (κ2) is 9.07. The van der Waals surface area contributed by atoms with Gasteiger partial charge in [0.2, 0.25) is 0 Å². The molecule has 2 amide bonds. The molecule has 1 aliphatic rings. The second-order valence-corrected chi connectivity index (χ2v) is 6.00. The highest BCUT2D eigenvalue weighted by molar-refractivity contribution is 7.98. The van der Waals surface area contributed by atoms with Gasteiger partial charge in [-0.25, -0.2) is 9.59 Å². The lowest BCUT2D eigenvalue weighted by atomic mass is 10.0. The summed E-state index contributed by atoms with van der Waals surface area (Å²) in [6, 6.07) is -1.16. The molecule has 0 bridgehead atoms. The molecule has 1 atom stereocenters. The van der Waals surface area contributed by atoms with Crippen LogP contribution in [0.25, 0.3) is 0 Å². The Morgan fingerprint density at radius 2 is 2.05 bits per heavy atom. The summed E-state index contributed by atoms with van der Waals surface area (Å²) in [4.78, 5) is 22.6. The van der Waals surface area contributed by atoms with Crippen molar-refractivity contribution >= 4 is 23.8 Å². The van der Waals surface area contributed by atoms with Crippen molar-refractivity contribution in [2.75, 3.05) is 18.6 Å². The van der Waals surface area contributed by atoms with Gasteiger partial charge in [-0.15, -0.1) is 0 Å². The zero-order valence-electron chi connectivity index (χ0n) is 11.5. The van der Waals surface area contributed by atoms with E-state index < -0.39 is 12.0 Å². The first-order valence-electron chi connectivity index (χ1n) is 6.89. The topological polar surface area (TPSA) is 78.4 Å². The van der Waals surface area contributed by atoms with Gasteiger partial charge >= 0.3 is 12.0 Å². The van der Waals surface area contributed by atoms with Crippen LogP contribution >= 0.6 is 11.8 Å². The van der Waals surface area contributed by atoms with Crippen LogP contribution in [0.3, 0.4) is 0 Å². The highest BCUT2D eigenvalue weighted by atomic mass is 32.2. The minimum absolute atomic E-state index is 0.369. The van der Waals surface area contributed by atoms with Crippen LogP contribution in [-0.2, 0) is 4.79 Å². The molecule has 1 fully saturated rings. The number of carbonyl (C=O) groups excluding carboxylic acids is 1. The van der Waals surface area contributed by atoms with E-state index in [1.165, 1.54) is 25.7 Å². The number of amides is 2. The van der Waals surface area contributed by atoms with E-state index in [2.05, 4.69) is 10.6 Å². The van der Waals surface area contributed by atoms with Crippen molar-refractivity contribution in [2.24, 2.45) is 5.92 Å². The Labute approximate surface area is 118 Å². The fourth-order valence-electron chi connectivity index (χ4n) is 2.39. The molecule has 110 valence electrons. The van der Waals surface area contributed by atoms with Crippen LogP contribution in [-0.4, -0.2) is 41.7 Å². The Bertz CT molecular complexity index is 294. The number of nitrogens with one attached hydrogen (secondary N) is 2. The molecule has 1 aliphatic carbocycles. The van der Waals surface area contributed by atoms with Crippen molar-refractivity contribution in [3.8, 4) is 0 Å². The number of thioether (sulfide) groups is 1. The van der Waals surface area contributed by atoms with Crippen molar-refractivity contribution in [1.29, 1.82) is 0 Å². The molecule has 0 heterocycles. The van der Waals surface area contributed by atoms with Gasteiger partial charge in [-0.2, -0.15) is 11.8 Å². The fraction of sp³-hybridized carbons (Fsp3) is 0.846. The molecule has 0 aromatic rings. The average Bonchev–Trinajstić information content (AvgIpc) is 2.87. The van der Waals surface area contributed by atoms with Gasteiger partial charge in [0.05, 0.1) is 0 Å². The van der Waals surface area contributed by atoms with E-state index >= 15 is 0 Å². The number of carboxylic acids is 1. The van der Waals surface area contributed by atoms with Gasteiger partial charge in [0.15, 0.2) is 0 Å². The van der Waals surface area contributed by atoms with Crippen LogP contribution in [0.1, 0.15) is 38.5 Å². The monoisotopic (exact) mass is 288 g/mol. The van der Waals surface area contributed by atoms with Crippen molar-refractivity contribution in [3.63, 3.8) is 0 Å². The predicted octanol–water partition coefficient (Wildman–Crippen LogP) is 2.07. The molecular weight excluding hydrogens is 264 g/mol. The van der Waals surface area contributed by atoms with Crippen LogP contribution in [0.2, 0.25) is 0 Å². The molecule has 0 aromatic heterocycles. The number of urea groups is 1. The van der Waals surface area contributed by atoms with Gasteiger partial charge in [-0.3, -0.25) is 0 Å². The number of aliphatic carboxylic acids is 1. The van der Waals surface area contributed by atoms with Crippen molar-refractivity contribution < 1.29 is 14.7 Å². The first kappa shape index (κ1) is 16.1. The quantitative estimate of drug-likeness (QED) is 0.639. The number of hydrogen-bond acceptors (Lipinski definition) is 3. The fourth-order valence-corrected chi connectivity index (χ4v) is 2.86. The van der Waals surface area contributed by atoms with E-state index in [9.17, 15) is 9.59 Å². The SMILES string of the molecule is CSCC[C@H](NC(=O)NCCC1CCCC1)C(=O)O. The summed E-state index contributed by atoms with van der Waals surface area (Å²) < 4.78 is 0. The van der Waals surface area contributed by atoms with Gasteiger partial charge in [0.25, 0.3) is 0 Å². The number of rotatable bonds is 8. The summed E-state index contributed by atoms with van der Waals surface area (Å²) >= 11 is 1.57. The average molecular weight is 288 g/mol. The summed E-state index contributed by atoms with van der Waals surface area (Å²) in [5.41, 5.74) is 0. The Kier molecular flexibility index (Phi) is 7.70. The van der Waals surface area contributed by atoms with Crippen LogP contribution in [0, 0.1) is 5.92 Å². The molecule has 0 spiro atoms. The zero-order valence-corrected chi connectivity index (χ0v) is 12.3. The molecule has 0 radical (unpaired) electrons. The normalized spacial score (nSPS) is 17.1.